The Kier molecular flexibility index (Phi) is 2.59. The van der Waals surface area contributed by atoms with Gasteiger partial charge in [-0.15, -0.1) is 0 Å². The number of amides is 1. The highest BCUT2D eigenvalue weighted by Gasteiger charge is 2.30. The lowest BCUT2D eigenvalue weighted by molar-refractivity contribution is 0.0996. The van der Waals surface area contributed by atoms with Crippen LogP contribution in [0.25, 0.3) is 0 Å². The monoisotopic (exact) mass is 303 g/mol. The predicted molar refractivity (Wildman–Crippen MR) is 72.8 cm³/mol. The number of hydrogen-bond acceptors (Lipinski definition) is 2. The summed E-state index contributed by atoms with van der Waals surface area (Å²) < 4.78 is 0.971. The van der Waals surface area contributed by atoms with E-state index in [0.29, 0.717) is 17.7 Å². The molecular formula is C14H10BrNO2. The quantitative estimate of drug-likeness (QED) is 0.878. The first-order valence-electron chi connectivity index (χ1n) is 5.55. The van der Waals surface area contributed by atoms with Crippen molar-refractivity contribution in [3.63, 3.8) is 0 Å². The van der Waals surface area contributed by atoms with E-state index in [1.165, 1.54) is 0 Å². The van der Waals surface area contributed by atoms with Gasteiger partial charge in [-0.3, -0.25) is 4.79 Å². The molecule has 1 aliphatic rings. The lowest BCUT2D eigenvalue weighted by Crippen LogP contribution is -2.22. The van der Waals surface area contributed by atoms with Gasteiger partial charge in [-0.05, 0) is 36.4 Å². The number of phenolic OH excluding ortho intramolecular Hbond substituents is 1. The molecule has 0 unspecified atom stereocenters. The van der Waals surface area contributed by atoms with Gasteiger partial charge in [-0.1, -0.05) is 22.0 Å². The second-order valence-electron chi connectivity index (χ2n) is 4.17. The Balaban J connectivity index is 2.02. The van der Waals surface area contributed by atoms with Gasteiger partial charge in [0, 0.05) is 21.3 Å². The second-order valence-corrected chi connectivity index (χ2v) is 5.09. The van der Waals surface area contributed by atoms with Crippen LogP contribution in [0.1, 0.15) is 15.9 Å². The normalized spacial score (nSPS) is 13.8. The van der Waals surface area contributed by atoms with Gasteiger partial charge in [-0.2, -0.15) is 0 Å². The van der Waals surface area contributed by atoms with E-state index >= 15 is 0 Å². The Hall–Kier alpha value is -1.81. The Morgan fingerprint density at radius 2 is 1.83 bits per heavy atom. The minimum Gasteiger partial charge on any atom is -0.508 e. The molecule has 1 N–H and O–H groups in total. The zero-order valence-corrected chi connectivity index (χ0v) is 11.0. The van der Waals surface area contributed by atoms with Crippen LogP contribution in [0.15, 0.2) is 46.9 Å². The van der Waals surface area contributed by atoms with E-state index in [2.05, 4.69) is 15.9 Å². The molecule has 0 bridgehead atoms. The summed E-state index contributed by atoms with van der Waals surface area (Å²) in [6.07, 6.45) is 0. The molecule has 0 spiro atoms. The highest BCUT2D eigenvalue weighted by Crippen LogP contribution is 2.33. The van der Waals surface area contributed by atoms with Crippen molar-refractivity contribution in [2.24, 2.45) is 0 Å². The van der Waals surface area contributed by atoms with Crippen LogP contribution >= 0.6 is 15.9 Å². The van der Waals surface area contributed by atoms with Crippen molar-refractivity contribution >= 4 is 27.5 Å². The standard InChI is InChI=1S/C14H10BrNO2/c15-9-4-6-10(7-5-9)16-8-12-11(14(16)18)2-1-3-13(12)17/h1-7,17H,8H2. The second kappa shape index (κ2) is 4.14. The molecule has 1 aliphatic heterocycles. The first-order chi connectivity index (χ1) is 8.66. The van der Waals surface area contributed by atoms with Crippen LogP contribution in [-0.2, 0) is 6.54 Å². The molecule has 3 nitrogen and oxygen atoms in total. The number of carbonyl (C=O) groups excluding carboxylic acids is 1. The summed E-state index contributed by atoms with van der Waals surface area (Å²) in [7, 11) is 0. The van der Waals surface area contributed by atoms with Crippen LogP contribution < -0.4 is 4.90 Å². The summed E-state index contributed by atoms with van der Waals surface area (Å²) >= 11 is 3.37. The lowest BCUT2D eigenvalue weighted by Gasteiger charge is -2.15. The molecular weight excluding hydrogens is 294 g/mol. The molecule has 0 aliphatic carbocycles. The average molecular weight is 304 g/mol. The number of halogens is 1. The number of phenols is 1. The fourth-order valence-electron chi connectivity index (χ4n) is 2.15. The Labute approximate surface area is 113 Å². The van der Waals surface area contributed by atoms with E-state index < -0.39 is 0 Å². The molecule has 90 valence electrons. The van der Waals surface area contributed by atoms with Crippen molar-refractivity contribution in [1.29, 1.82) is 0 Å². The summed E-state index contributed by atoms with van der Waals surface area (Å²) in [6, 6.07) is 12.6. The maximum absolute atomic E-state index is 12.2. The van der Waals surface area contributed by atoms with E-state index in [9.17, 15) is 9.90 Å². The van der Waals surface area contributed by atoms with E-state index in [-0.39, 0.29) is 11.7 Å². The van der Waals surface area contributed by atoms with Gasteiger partial charge in [0.25, 0.3) is 5.91 Å². The molecule has 2 aromatic carbocycles. The molecule has 0 radical (unpaired) electrons. The molecule has 2 aromatic rings. The van der Waals surface area contributed by atoms with Gasteiger partial charge in [0.1, 0.15) is 5.75 Å². The number of nitrogens with zero attached hydrogens (tertiary/aromatic N) is 1. The first kappa shape index (κ1) is 11.3. The Morgan fingerprint density at radius 3 is 2.50 bits per heavy atom. The van der Waals surface area contributed by atoms with Crippen molar-refractivity contribution in [3.05, 3.63) is 58.1 Å². The summed E-state index contributed by atoms with van der Waals surface area (Å²) in [5, 5.41) is 9.77. The van der Waals surface area contributed by atoms with Gasteiger partial charge in [-0.25, -0.2) is 0 Å². The SMILES string of the molecule is O=C1c2cccc(O)c2CN1c1ccc(Br)cc1. The number of fused-ring (bicyclic) bond motifs is 1. The van der Waals surface area contributed by atoms with Gasteiger partial charge in [0.05, 0.1) is 6.54 Å². The minimum absolute atomic E-state index is 0.0665. The average Bonchev–Trinajstić information content (AvgIpc) is 2.70. The van der Waals surface area contributed by atoms with Crippen molar-refractivity contribution in [2.75, 3.05) is 4.90 Å². The third kappa shape index (κ3) is 1.69. The molecule has 4 heteroatoms. The molecule has 0 atom stereocenters. The van der Waals surface area contributed by atoms with E-state index in [4.69, 9.17) is 0 Å². The third-order valence-electron chi connectivity index (χ3n) is 3.08. The van der Waals surface area contributed by atoms with Crippen molar-refractivity contribution in [3.8, 4) is 5.75 Å². The highest BCUT2D eigenvalue weighted by molar-refractivity contribution is 9.10. The highest BCUT2D eigenvalue weighted by atomic mass is 79.9. The molecule has 0 aromatic heterocycles. The summed E-state index contributed by atoms with van der Waals surface area (Å²) in [5.74, 6) is 0.115. The molecule has 1 amide bonds. The van der Waals surface area contributed by atoms with Gasteiger partial charge in [0.15, 0.2) is 0 Å². The fraction of sp³-hybridized carbons (Fsp3) is 0.0714. The van der Waals surface area contributed by atoms with Crippen LogP contribution in [0, 0.1) is 0 Å². The van der Waals surface area contributed by atoms with Crippen molar-refractivity contribution in [1.82, 2.24) is 0 Å². The number of aromatic hydroxyl groups is 1. The largest absolute Gasteiger partial charge is 0.508 e. The van der Waals surface area contributed by atoms with Gasteiger partial charge < -0.3 is 10.0 Å². The minimum atomic E-state index is -0.0665. The van der Waals surface area contributed by atoms with Crippen LogP contribution in [0.5, 0.6) is 5.75 Å². The molecule has 0 saturated heterocycles. The van der Waals surface area contributed by atoms with Crippen LogP contribution in [0.2, 0.25) is 0 Å². The molecule has 1 heterocycles. The lowest BCUT2D eigenvalue weighted by atomic mass is 10.1. The van der Waals surface area contributed by atoms with Crippen molar-refractivity contribution in [2.45, 2.75) is 6.54 Å². The van der Waals surface area contributed by atoms with Crippen LogP contribution in [0.3, 0.4) is 0 Å². The number of anilines is 1. The van der Waals surface area contributed by atoms with Gasteiger partial charge in [0.2, 0.25) is 0 Å². The van der Waals surface area contributed by atoms with Crippen LogP contribution in [0.4, 0.5) is 5.69 Å². The summed E-state index contributed by atoms with van der Waals surface area (Å²) in [4.78, 5) is 13.9. The number of hydrogen-bond donors (Lipinski definition) is 1. The zero-order valence-electron chi connectivity index (χ0n) is 9.43. The molecule has 3 rings (SSSR count). The van der Waals surface area contributed by atoms with E-state index in [1.54, 1.807) is 23.1 Å². The van der Waals surface area contributed by atoms with E-state index in [0.717, 1.165) is 10.2 Å². The zero-order chi connectivity index (χ0) is 12.7. The van der Waals surface area contributed by atoms with E-state index in [1.807, 2.05) is 24.3 Å². The van der Waals surface area contributed by atoms with Gasteiger partial charge >= 0.3 is 0 Å². The maximum Gasteiger partial charge on any atom is 0.259 e. The van der Waals surface area contributed by atoms with Crippen LogP contribution in [-0.4, -0.2) is 11.0 Å². The predicted octanol–water partition coefficient (Wildman–Crippen LogP) is 3.32. The topological polar surface area (TPSA) is 40.5 Å². The molecule has 18 heavy (non-hydrogen) atoms. The number of benzene rings is 2. The third-order valence-corrected chi connectivity index (χ3v) is 3.61. The fourth-order valence-corrected chi connectivity index (χ4v) is 2.41. The number of carbonyl (C=O) groups is 1. The number of rotatable bonds is 1. The smallest absolute Gasteiger partial charge is 0.259 e. The molecule has 0 saturated carbocycles. The summed E-state index contributed by atoms with van der Waals surface area (Å²) in [5.41, 5.74) is 2.11. The molecule has 0 fully saturated rings. The van der Waals surface area contributed by atoms with Crippen molar-refractivity contribution < 1.29 is 9.90 Å². The maximum atomic E-state index is 12.2. The Bertz CT molecular complexity index is 622. The summed E-state index contributed by atoms with van der Waals surface area (Å²) in [6.45, 7) is 0.419. The first-order valence-corrected chi connectivity index (χ1v) is 6.34. The Morgan fingerprint density at radius 1 is 1.11 bits per heavy atom.